The first-order valence-corrected chi connectivity index (χ1v) is 6.55. The zero-order chi connectivity index (χ0) is 13.7. The van der Waals surface area contributed by atoms with Crippen LogP contribution in [0.15, 0.2) is 18.5 Å². The Labute approximate surface area is 112 Å². The number of anilines is 1. The van der Waals surface area contributed by atoms with Crippen molar-refractivity contribution in [1.29, 1.82) is 0 Å². The lowest BCUT2D eigenvalue weighted by Gasteiger charge is -2.29. The number of nitrogens with zero attached hydrogens (tertiary/aromatic N) is 3. The SMILES string of the molecule is CN(CC(=O)NC1(CO)CCCC1)c1ncccn1. The van der Waals surface area contributed by atoms with Gasteiger partial charge in [0.05, 0.1) is 18.7 Å². The van der Waals surface area contributed by atoms with Crippen LogP contribution in [0.1, 0.15) is 25.7 Å². The van der Waals surface area contributed by atoms with E-state index < -0.39 is 5.54 Å². The van der Waals surface area contributed by atoms with Gasteiger partial charge in [-0.1, -0.05) is 12.8 Å². The highest BCUT2D eigenvalue weighted by Crippen LogP contribution is 2.28. The number of nitrogens with one attached hydrogen (secondary N) is 1. The predicted octanol–water partition coefficient (Wildman–Crippen LogP) is 0.334. The first-order chi connectivity index (χ1) is 9.15. The van der Waals surface area contributed by atoms with Crippen LogP contribution in [0, 0.1) is 0 Å². The number of carbonyl (C=O) groups excluding carboxylic acids is 1. The highest BCUT2D eigenvalue weighted by atomic mass is 16.3. The molecule has 1 amide bonds. The van der Waals surface area contributed by atoms with Gasteiger partial charge in [0.1, 0.15) is 0 Å². The number of aliphatic hydroxyl groups excluding tert-OH is 1. The lowest BCUT2D eigenvalue weighted by atomic mass is 9.99. The van der Waals surface area contributed by atoms with E-state index in [1.54, 1.807) is 30.4 Å². The molecule has 1 aromatic rings. The summed E-state index contributed by atoms with van der Waals surface area (Å²) in [6.07, 6.45) is 7.09. The third-order valence-corrected chi connectivity index (χ3v) is 3.54. The van der Waals surface area contributed by atoms with Gasteiger partial charge < -0.3 is 15.3 Å². The smallest absolute Gasteiger partial charge is 0.240 e. The van der Waals surface area contributed by atoms with Crippen LogP contribution >= 0.6 is 0 Å². The molecule has 104 valence electrons. The summed E-state index contributed by atoms with van der Waals surface area (Å²) in [6, 6.07) is 1.73. The van der Waals surface area contributed by atoms with Crippen molar-refractivity contribution in [2.75, 3.05) is 25.1 Å². The summed E-state index contributed by atoms with van der Waals surface area (Å²) in [5.74, 6) is 0.410. The Morgan fingerprint density at radius 3 is 2.63 bits per heavy atom. The highest BCUT2D eigenvalue weighted by Gasteiger charge is 2.34. The Kier molecular flexibility index (Phi) is 4.31. The van der Waals surface area contributed by atoms with Gasteiger partial charge in [0.2, 0.25) is 11.9 Å². The second-order valence-corrected chi connectivity index (χ2v) is 5.10. The Hall–Kier alpha value is -1.69. The number of aliphatic hydroxyl groups is 1. The first-order valence-electron chi connectivity index (χ1n) is 6.55. The largest absolute Gasteiger partial charge is 0.394 e. The van der Waals surface area contributed by atoms with Crippen LogP contribution in [0.25, 0.3) is 0 Å². The van der Waals surface area contributed by atoms with E-state index in [9.17, 15) is 9.90 Å². The molecule has 1 fully saturated rings. The summed E-state index contributed by atoms with van der Waals surface area (Å²) >= 11 is 0. The van der Waals surface area contributed by atoms with Crippen molar-refractivity contribution in [3.05, 3.63) is 18.5 Å². The predicted molar refractivity (Wildman–Crippen MR) is 71.7 cm³/mol. The quantitative estimate of drug-likeness (QED) is 0.801. The fraction of sp³-hybridized carbons (Fsp3) is 0.615. The van der Waals surface area contributed by atoms with Gasteiger partial charge in [-0.15, -0.1) is 0 Å². The molecule has 0 aliphatic heterocycles. The summed E-state index contributed by atoms with van der Waals surface area (Å²) in [5.41, 5.74) is -0.421. The molecule has 2 N–H and O–H groups in total. The minimum Gasteiger partial charge on any atom is -0.394 e. The highest BCUT2D eigenvalue weighted by molar-refractivity contribution is 5.81. The fourth-order valence-corrected chi connectivity index (χ4v) is 2.48. The molecule has 6 heteroatoms. The molecule has 0 bridgehead atoms. The Bertz CT molecular complexity index is 418. The van der Waals surface area contributed by atoms with E-state index >= 15 is 0 Å². The zero-order valence-electron chi connectivity index (χ0n) is 11.2. The fourth-order valence-electron chi connectivity index (χ4n) is 2.48. The van der Waals surface area contributed by atoms with Crippen LogP contribution in [0.5, 0.6) is 0 Å². The van der Waals surface area contributed by atoms with E-state index in [0.717, 1.165) is 25.7 Å². The van der Waals surface area contributed by atoms with Gasteiger partial charge >= 0.3 is 0 Å². The number of likely N-dealkylation sites (N-methyl/N-ethyl adjacent to an activating group) is 1. The third kappa shape index (κ3) is 3.41. The summed E-state index contributed by atoms with van der Waals surface area (Å²) in [5, 5.41) is 12.4. The minimum atomic E-state index is -0.421. The zero-order valence-corrected chi connectivity index (χ0v) is 11.2. The van der Waals surface area contributed by atoms with E-state index in [1.165, 1.54) is 0 Å². The van der Waals surface area contributed by atoms with Crippen LogP contribution in [-0.4, -0.2) is 46.7 Å². The van der Waals surface area contributed by atoms with Crippen molar-refractivity contribution in [3.8, 4) is 0 Å². The van der Waals surface area contributed by atoms with Crippen LogP contribution < -0.4 is 10.2 Å². The van der Waals surface area contributed by atoms with E-state index in [1.807, 2.05) is 0 Å². The van der Waals surface area contributed by atoms with Gasteiger partial charge in [0.25, 0.3) is 0 Å². The molecule has 0 atom stereocenters. The molecule has 1 saturated carbocycles. The van der Waals surface area contributed by atoms with Gasteiger partial charge in [0.15, 0.2) is 0 Å². The summed E-state index contributed by atoms with van der Waals surface area (Å²) in [7, 11) is 1.77. The second kappa shape index (κ2) is 5.97. The molecule has 0 spiro atoms. The monoisotopic (exact) mass is 264 g/mol. The van der Waals surface area contributed by atoms with Crippen molar-refractivity contribution in [1.82, 2.24) is 15.3 Å². The number of amides is 1. The minimum absolute atomic E-state index is 0.00426. The maximum Gasteiger partial charge on any atom is 0.240 e. The molecule has 1 heterocycles. The normalized spacial score (nSPS) is 17.2. The summed E-state index contributed by atoms with van der Waals surface area (Å²) < 4.78 is 0. The molecule has 1 aliphatic rings. The molecule has 2 rings (SSSR count). The van der Waals surface area contributed by atoms with Gasteiger partial charge in [-0.3, -0.25) is 4.79 Å². The van der Waals surface area contributed by atoms with Crippen molar-refractivity contribution >= 4 is 11.9 Å². The van der Waals surface area contributed by atoms with Gasteiger partial charge in [-0.2, -0.15) is 0 Å². The number of aromatic nitrogens is 2. The lowest BCUT2D eigenvalue weighted by Crippen LogP contribution is -2.52. The first kappa shape index (κ1) is 13.7. The van der Waals surface area contributed by atoms with Crippen LogP contribution in [-0.2, 0) is 4.79 Å². The Balaban J connectivity index is 1.91. The average molecular weight is 264 g/mol. The van der Waals surface area contributed by atoms with Gasteiger partial charge in [-0.25, -0.2) is 9.97 Å². The molecule has 19 heavy (non-hydrogen) atoms. The molecule has 6 nitrogen and oxygen atoms in total. The topological polar surface area (TPSA) is 78.4 Å². The van der Waals surface area contributed by atoms with Crippen molar-refractivity contribution in [3.63, 3.8) is 0 Å². The number of hydrogen-bond donors (Lipinski definition) is 2. The molecule has 0 unspecified atom stereocenters. The average Bonchev–Trinajstić information content (AvgIpc) is 2.88. The van der Waals surface area contributed by atoms with E-state index in [2.05, 4.69) is 15.3 Å². The van der Waals surface area contributed by atoms with E-state index in [-0.39, 0.29) is 19.1 Å². The lowest BCUT2D eigenvalue weighted by molar-refractivity contribution is -0.122. The summed E-state index contributed by atoms with van der Waals surface area (Å²) in [4.78, 5) is 21.9. The molecular formula is C13H20N4O2. The van der Waals surface area contributed by atoms with Gasteiger partial charge in [-0.05, 0) is 18.9 Å². The van der Waals surface area contributed by atoms with Crippen LogP contribution in [0.4, 0.5) is 5.95 Å². The molecule has 1 aliphatic carbocycles. The molecular weight excluding hydrogens is 244 g/mol. The van der Waals surface area contributed by atoms with E-state index in [0.29, 0.717) is 5.95 Å². The van der Waals surface area contributed by atoms with Crippen LogP contribution in [0.3, 0.4) is 0 Å². The Morgan fingerprint density at radius 1 is 1.42 bits per heavy atom. The van der Waals surface area contributed by atoms with Crippen molar-refractivity contribution in [2.24, 2.45) is 0 Å². The standard InChI is InChI=1S/C13H20N4O2/c1-17(12-14-7-4-8-15-12)9-11(19)16-13(10-18)5-2-3-6-13/h4,7-8,18H,2-3,5-6,9-10H2,1H3,(H,16,19). The van der Waals surface area contributed by atoms with E-state index in [4.69, 9.17) is 0 Å². The second-order valence-electron chi connectivity index (χ2n) is 5.10. The number of hydrogen-bond acceptors (Lipinski definition) is 5. The maximum absolute atomic E-state index is 12.0. The van der Waals surface area contributed by atoms with Crippen LogP contribution in [0.2, 0.25) is 0 Å². The van der Waals surface area contributed by atoms with Crippen molar-refractivity contribution in [2.45, 2.75) is 31.2 Å². The molecule has 0 radical (unpaired) electrons. The summed E-state index contributed by atoms with van der Waals surface area (Å²) in [6.45, 7) is 0.191. The molecule has 0 aromatic carbocycles. The van der Waals surface area contributed by atoms with Crippen molar-refractivity contribution < 1.29 is 9.90 Å². The number of rotatable bonds is 5. The Morgan fingerprint density at radius 2 is 2.05 bits per heavy atom. The third-order valence-electron chi connectivity index (χ3n) is 3.54. The van der Waals surface area contributed by atoms with Gasteiger partial charge in [0, 0.05) is 19.4 Å². The maximum atomic E-state index is 12.0. The molecule has 0 saturated heterocycles. The number of carbonyl (C=O) groups is 1. The molecule has 1 aromatic heterocycles.